The number of carbonyl (C=O) groups excluding carboxylic acids is 2. The summed E-state index contributed by atoms with van der Waals surface area (Å²) in [5.41, 5.74) is 1.14. The van der Waals surface area contributed by atoms with Crippen molar-refractivity contribution >= 4 is 11.9 Å². The molecule has 0 radical (unpaired) electrons. The number of ketones is 1. The molecule has 1 aliphatic rings. The van der Waals surface area contributed by atoms with Gasteiger partial charge in [-0.15, -0.1) is 0 Å². The van der Waals surface area contributed by atoms with Crippen molar-refractivity contribution in [2.24, 2.45) is 0 Å². The second kappa shape index (κ2) is 9.13. The molecule has 0 bridgehead atoms. The smallest absolute Gasteiger partial charge is 0.515 e. The number of Topliss-reactive ketones (excluding diaryl/α,β-unsaturated/α-hetero) is 1. The molecule has 0 aromatic heterocycles. The van der Waals surface area contributed by atoms with E-state index in [1.54, 1.807) is 14.0 Å². The van der Waals surface area contributed by atoms with Gasteiger partial charge < -0.3 is 21.9 Å². The van der Waals surface area contributed by atoms with Crippen LogP contribution in [0, 0.1) is 0 Å². The number of hydrogen-bond acceptors (Lipinski definition) is 4. The van der Waals surface area contributed by atoms with E-state index in [-0.39, 0.29) is 24.8 Å². The lowest BCUT2D eigenvalue weighted by atomic mass is 9.94. The number of quaternary nitrogens is 1. The lowest BCUT2D eigenvalue weighted by molar-refractivity contribution is -0.820. The number of alkyl carbamates (subject to hydrolysis) is 2. The van der Waals surface area contributed by atoms with Crippen LogP contribution in [0.5, 0.6) is 0 Å². The van der Waals surface area contributed by atoms with Crippen LogP contribution in [0.15, 0.2) is 60.7 Å². The molecule has 1 N–H and O–H groups in total. The number of amides is 1. The molecular formula is C21H24ClNO4. The first-order valence-electron chi connectivity index (χ1n) is 8.76. The van der Waals surface area contributed by atoms with Crippen molar-refractivity contribution < 1.29 is 36.4 Å². The number of hydrogen-bond donors (Lipinski definition) is 1. The van der Waals surface area contributed by atoms with Gasteiger partial charge in [-0.2, -0.15) is 4.79 Å². The summed E-state index contributed by atoms with van der Waals surface area (Å²) < 4.78 is 10.7. The number of rotatable bonds is 7. The van der Waals surface area contributed by atoms with Crippen LogP contribution in [0.1, 0.15) is 18.1 Å². The van der Waals surface area contributed by atoms with E-state index in [0.717, 1.165) is 11.1 Å². The summed E-state index contributed by atoms with van der Waals surface area (Å²) in [5.74, 6) is -0.0597. The summed E-state index contributed by atoms with van der Waals surface area (Å²) in [7, 11) is 1.69. The molecule has 1 aliphatic heterocycles. The van der Waals surface area contributed by atoms with Crippen molar-refractivity contribution in [1.29, 1.82) is 0 Å². The van der Waals surface area contributed by atoms with Crippen molar-refractivity contribution in [2.75, 3.05) is 13.7 Å². The minimum absolute atomic E-state index is 0. The van der Waals surface area contributed by atoms with Crippen molar-refractivity contribution in [3.05, 3.63) is 71.8 Å². The summed E-state index contributed by atoms with van der Waals surface area (Å²) in [4.78, 5) is 25.9. The lowest BCUT2D eigenvalue weighted by Gasteiger charge is -2.23. The molecule has 5 nitrogen and oxygen atoms in total. The molecule has 1 saturated heterocycles. The van der Waals surface area contributed by atoms with E-state index in [2.05, 4.69) is 0 Å². The predicted octanol–water partition coefficient (Wildman–Crippen LogP) is -1.19. The van der Waals surface area contributed by atoms with Crippen LogP contribution >= 0.6 is 0 Å². The molecule has 2 aromatic rings. The first kappa shape index (κ1) is 21.1. The van der Waals surface area contributed by atoms with E-state index in [4.69, 9.17) is 9.47 Å². The van der Waals surface area contributed by atoms with Gasteiger partial charge in [0.1, 0.15) is 6.61 Å². The van der Waals surface area contributed by atoms with Gasteiger partial charge in [0, 0.05) is 6.42 Å². The van der Waals surface area contributed by atoms with E-state index >= 15 is 0 Å². The fraction of sp³-hybridized carbons (Fsp3) is 0.333. The Morgan fingerprint density at radius 2 is 1.59 bits per heavy atom. The van der Waals surface area contributed by atoms with Crippen LogP contribution in [-0.4, -0.2) is 37.2 Å². The van der Waals surface area contributed by atoms with Gasteiger partial charge in [-0.1, -0.05) is 60.7 Å². The Morgan fingerprint density at radius 3 is 2.11 bits per heavy atom. The molecule has 0 aliphatic carbocycles. The Balaban J connectivity index is 0.00000261. The van der Waals surface area contributed by atoms with Crippen molar-refractivity contribution in [3.63, 3.8) is 0 Å². The number of ether oxygens (including phenoxy) is 2. The first-order valence-corrected chi connectivity index (χ1v) is 8.76. The van der Waals surface area contributed by atoms with E-state index in [1.807, 2.05) is 60.7 Å². The standard InChI is InChI=1S/C21H23NO4.ClH/c1-21(15-26-21)19(23)18(13-16-9-5-3-6-10-16)22(2)20(24)25-14-17-11-7-4-8-12-17;/h3-12,18H,13-15H2,1-2H3;1H/t18-,21+;/m0./s1. The van der Waals surface area contributed by atoms with Crippen LogP contribution in [0.2, 0.25) is 0 Å². The van der Waals surface area contributed by atoms with E-state index in [1.165, 1.54) is 0 Å². The Kier molecular flexibility index (Phi) is 7.13. The fourth-order valence-corrected chi connectivity index (χ4v) is 2.89. The molecule has 0 saturated carbocycles. The largest absolute Gasteiger partial charge is 1.00 e. The van der Waals surface area contributed by atoms with Crippen LogP contribution < -0.4 is 17.3 Å². The SMILES string of the molecule is C[NH+](C(=O)OCc1ccccc1)[C@@H](Cc1ccccc1)C(=O)[C@@]1(C)CO1.[Cl-]. The first-order chi connectivity index (χ1) is 12.5. The van der Waals surface area contributed by atoms with Gasteiger partial charge in [0.25, 0.3) is 0 Å². The lowest BCUT2D eigenvalue weighted by Crippen LogP contribution is -3.17. The fourth-order valence-electron chi connectivity index (χ4n) is 2.89. The van der Waals surface area contributed by atoms with Crippen LogP contribution in [-0.2, 0) is 27.3 Å². The monoisotopic (exact) mass is 389 g/mol. The third kappa shape index (κ3) is 5.39. The predicted molar refractivity (Wildman–Crippen MR) is 96.8 cm³/mol. The molecule has 1 unspecified atom stereocenters. The minimum atomic E-state index is -0.777. The number of carbonyl (C=O) groups is 2. The van der Waals surface area contributed by atoms with E-state index in [9.17, 15) is 9.59 Å². The highest BCUT2D eigenvalue weighted by Gasteiger charge is 2.53. The molecule has 3 rings (SSSR count). The molecule has 0 spiro atoms. The molecule has 144 valence electrons. The zero-order chi connectivity index (χ0) is 18.6. The Bertz CT molecular complexity index is 762. The third-order valence-electron chi connectivity index (χ3n) is 4.76. The number of halogens is 1. The van der Waals surface area contributed by atoms with Crippen molar-refractivity contribution in [3.8, 4) is 0 Å². The van der Waals surface area contributed by atoms with Gasteiger partial charge in [0.2, 0.25) is 5.78 Å². The molecule has 1 amide bonds. The second-order valence-corrected chi connectivity index (χ2v) is 6.87. The normalized spacial score (nSPS) is 20.1. The average Bonchev–Trinajstić information content (AvgIpc) is 3.43. The molecule has 1 fully saturated rings. The van der Waals surface area contributed by atoms with Gasteiger partial charge in [-0.05, 0) is 18.1 Å². The average molecular weight is 390 g/mol. The summed E-state index contributed by atoms with van der Waals surface area (Å²) >= 11 is 0. The summed E-state index contributed by atoms with van der Waals surface area (Å²) in [6, 6.07) is 18.6. The van der Waals surface area contributed by atoms with E-state index < -0.39 is 17.7 Å². The second-order valence-electron chi connectivity index (χ2n) is 6.87. The van der Waals surface area contributed by atoms with E-state index in [0.29, 0.717) is 17.9 Å². The zero-order valence-electron chi connectivity index (χ0n) is 15.5. The van der Waals surface area contributed by atoms with Crippen LogP contribution in [0.3, 0.4) is 0 Å². The molecule has 6 heteroatoms. The maximum atomic E-state index is 12.9. The third-order valence-corrected chi connectivity index (χ3v) is 4.76. The molecule has 1 heterocycles. The maximum absolute atomic E-state index is 12.9. The Morgan fingerprint density at radius 1 is 1.07 bits per heavy atom. The number of nitrogens with one attached hydrogen (secondary N) is 1. The van der Waals surface area contributed by atoms with Crippen molar-refractivity contribution in [1.82, 2.24) is 0 Å². The molecule has 3 atom stereocenters. The molecule has 27 heavy (non-hydrogen) atoms. The minimum Gasteiger partial charge on any atom is -1.00 e. The van der Waals surface area contributed by atoms with Gasteiger partial charge in [-0.25, -0.2) is 4.90 Å². The highest BCUT2D eigenvalue weighted by Crippen LogP contribution is 2.28. The number of epoxide rings is 1. The highest BCUT2D eigenvalue weighted by atomic mass is 35.5. The van der Waals surface area contributed by atoms with Gasteiger partial charge in [0.15, 0.2) is 11.6 Å². The van der Waals surface area contributed by atoms with Crippen LogP contribution in [0.25, 0.3) is 0 Å². The van der Waals surface area contributed by atoms with Crippen molar-refractivity contribution in [2.45, 2.75) is 31.6 Å². The molecular weight excluding hydrogens is 366 g/mol. The van der Waals surface area contributed by atoms with Gasteiger partial charge in [-0.3, -0.25) is 4.79 Å². The maximum Gasteiger partial charge on any atom is 0.515 e. The Labute approximate surface area is 165 Å². The zero-order valence-corrected chi connectivity index (χ0v) is 16.2. The topological polar surface area (TPSA) is 60.3 Å². The number of benzene rings is 2. The number of likely N-dealkylation sites (N-methyl/N-ethyl adjacent to an activating group) is 1. The quantitative estimate of drug-likeness (QED) is 0.605. The van der Waals surface area contributed by atoms with Gasteiger partial charge in [0.05, 0.1) is 13.7 Å². The van der Waals surface area contributed by atoms with Gasteiger partial charge >= 0.3 is 6.09 Å². The summed E-state index contributed by atoms with van der Waals surface area (Å²) in [6.45, 7) is 2.37. The summed E-state index contributed by atoms with van der Waals surface area (Å²) in [6.07, 6.45) is 0.0256. The highest BCUT2D eigenvalue weighted by molar-refractivity contribution is 5.93. The summed E-state index contributed by atoms with van der Waals surface area (Å²) in [5, 5.41) is 0. The van der Waals surface area contributed by atoms with Crippen LogP contribution in [0.4, 0.5) is 4.79 Å². The Hall–Kier alpha value is -2.21. The molecule has 2 aromatic carbocycles.